The van der Waals surface area contributed by atoms with Gasteiger partial charge in [0.15, 0.2) is 5.11 Å². The number of aliphatic carboxylic acids is 1. The molecule has 164 valence electrons. The lowest BCUT2D eigenvalue weighted by Gasteiger charge is -2.24. The molecule has 0 saturated carbocycles. The van der Waals surface area contributed by atoms with E-state index in [4.69, 9.17) is 22.6 Å². The van der Waals surface area contributed by atoms with Crippen molar-refractivity contribution < 1.29 is 20.0 Å². The second-order valence-electron chi connectivity index (χ2n) is 8.87. The smallest absolute Gasteiger partial charge is 0.331 e. The Morgan fingerprint density at radius 3 is 1.96 bits per heavy atom. The molecule has 7 heteroatoms. The van der Waals surface area contributed by atoms with Crippen LogP contribution in [0.15, 0.2) is 12.2 Å². The summed E-state index contributed by atoms with van der Waals surface area (Å²) in [5, 5.41) is 24.6. The molecular weight excluding hydrogens is 376 g/mol. The third kappa shape index (κ3) is 13.1. The quantitative estimate of drug-likeness (QED) is 0.0948. The highest BCUT2D eigenvalue weighted by atomic mass is 32.1. The lowest BCUT2D eigenvalue weighted by molar-refractivity contribution is -0.243. The maximum absolute atomic E-state index is 11.0. The van der Waals surface area contributed by atoms with E-state index in [1.54, 1.807) is 0 Å². The summed E-state index contributed by atoms with van der Waals surface area (Å²) in [6, 6.07) is 0. The van der Waals surface area contributed by atoms with Gasteiger partial charge in [-0.25, -0.2) is 9.68 Å². The summed E-state index contributed by atoms with van der Waals surface area (Å²) in [7, 11) is 0. The van der Waals surface area contributed by atoms with Gasteiger partial charge in [-0.2, -0.15) is 0 Å². The van der Waals surface area contributed by atoms with E-state index in [9.17, 15) is 4.79 Å². The Morgan fingerprint density at radius 2 is 1.46 bits per heavy atom. The molecule has 0 unspecified atom stereocenters. The molecule has 0 fully saturated rings. The number of hydrogen-bond donors (Lipinski definition) is 4. The Morgan fingerprint density at radius 1 is 0.964 bits per heavy atom. The summed E-state index contributed by atoms with van der Waals surface area (Å²) in [5.74, 6) is -0.920. The van der Waals surface area contributed by atoms with Gasteiger partial charge in [-0.05, 0) is 61.6 Å². The van der Waals surface area contributed by atoms with Crippen molar-refractivity contribution in [2.45, 2.75) is 79.1 Å². The van der Waals surface area contributed by atoms with Crippen LogP contribution in [0.3, 0.4) is 0 Å². The summed E-state index contributed by atoms with van der Waals surface area (Å²) in [6.07, 6.45) is 7.89. The summed E-state index contributed by atoms with van der Waals surface area (Å²) in [5.41, 5.74) is 0.142. The molecule has 0 aliphatic rings. The first-order valence-electron chi connectivity index (χ1n) is 10.2. The van der Waals surface area contributed by atoms with Crippen LogP contribution in [0, 0.1) is 10.8 Å². The molecule has 6 nitrogen and oxygen atoms in total. The maximum Gasteiger partial charge on any atom is 0.331 e. The Balaban J connectivity index is 3.73. The third-order valence-electron chi connectivity index (χ3n) is 5.24. The molecule has 0 aromatic heterocycles. The lowest BCUT2D eigenvalue weighted by Crippen LogP contribution is -2.36. The van der Waals surface area contributed by atoms with Gasteiger partial charge in [-0.1, -0.05) is 47.1 Å². The molecule has 0 aromatic rings. The maximum atomic E-state index is 11.0. The number of nitrogens with one attached hydrogen (secondary N) is 2. The van der Waals surface area contributed by atoms with Gasteiger partial charge >= 0.3 is 5.97 Å². The van der Waals surface area contributed by atoms with Gasteiger partial charge in [0.05, 0.1) is 6.61 Å². The number of hydrogen-bond acceptors (Lipinski definition) is 4. The van der Waals surface area contributed by atoms with E-state index in [-0.39, 0.29) is 16.4 Å². The first kappa shape index (κ1) is 26.8. The van der Waals surface area contributed by atoms with E-state index in [2.05, 4.69) is 35.9 Å². The van der Waals surface area contributed by atoms with Crippen LogP contribution in [0.2, 0.25) is 0 Å². The van der Waals surface area contributed by atoms with Gasteiger partial charge in [0.2, 0.25) is 0 Å². The average Bonchev–Trinajstić information content (AvgIpc) is 2.60. The standard InChI is InChI=1S/C21H40N2O4S/c1-17(18(24)25)21(4,5)13-7-9-15-23-19(28)22-14-8-6-11-20(2,3)12-10-16-27-26/h26H,1,6-16H2,2-5H3,(H,24,25)(H2,22,23,28). The van der Waals surface area contributed by atoms with E-state index < -0.39 is 5.97 Å². The van der Waals surface area contributed by atoms with Crippen LogP contribution >= 0.6 is 12.2 Å². The second-order valence-corrected chi connectivity index (χ2v) is 9.27. The summed E-state index contributed by atoms with van der Waals surface area (Å²) in [6.45, 7) is 14.0. The fourth-order valence-corrected chi connectivity index (χ4v) is 3.27. The van der Waals surface area contributed by atoms with Crippen molar-refractivity contribution in [2.24, 2.45) is 10.8 Å². The Labute approximate surface area is 176 Å². The highest BCUT2D eigenvalue weighted by Crippen LogP contribution is 2.31. The lowest BCUT2D eigenvalue weighted by atomic mass is 9.80. The van der Waals surface area contributed by atoms with E-state index in [1.807, 2.05) is 13.8 Å². The molecule has 28 heavy (non-hydrogen) atoms. The van der Waals surface area contributed by atoms with Gasteiger partial charge in [-0.15, -0.1) is 0 Å². The molecule has 0 aromatic carbocycles. The van der Waals surface area contributed by atoms with Crippen LogP contribution < -0.4 is 10.6 Å². The minimum atomic E-state index is -0.920. The van der Waals surface area contributed by atoms with Crippen LogP contribution in [0.25, 0.3) is 0 Å². The molecule has 0 radical (unpaired) electrons. The molecule has 0 bridgehead atoms. The predicted molar refractivity (Wildman–Crippen MR) is 118 cm³/mol. The Kier molecular flexibility index (Phi) is 13.3. The van der Waals surface area contributed by atoms with Crippen molar-refractivity contribution in [1.82, 2.24) is 10.6 Å². The van der Waals surface area contributed by atoms with E-state index in [0.29, 0.717) is 11.7 Å². The highest BCUT2D eigenvalue weighted by Gasteiger charge is 2.25. The molecule has 4 N–H and O–H groups in total. The molecule has 0 heterocycles. The van der Waals surface area contributed by atoms with Crippen molar-refractivity contribution >= 4 is 23.3 Å². The Bertz CT molecular complexity index is 493. The molecule has 0 atom stereocenters. The topological polar surface area (TPSA) is 90.8 Å². The second kappa shape index (κ2) is 13.9. The number of rotatable bonds is 16. The minimum Gasteiger partial charge on any atom is -0.478 e. The molecule has 0 aliphatic heterocycles. The zero-order chi connectivity index (χ0) is 21.6. The molecule has 0 amide bonds. The van der Waals surface area contributed by atoms with E-state index >= 15 is 0 Å². The summed E-state index contributed by atoms with van der Waals surface area (Å²) < 4.78 is 0. The van der Waals surface area contributed by atoms with Gasteiger partial charge in [-0.3, -0.25) is 5.26 Å². The van der Waals surface area contributed by atoms with E-state index in [1.165, 1.54) is 0 Å². The normalized spacial score (nSPS) is 11.9. The van der Waals surface area contributed by atoms with Gasteiger partial charge < -0.3 is 15.7 Å². The van der Waals surface area contributed by atoms with E-state index in [0.717, 1.165) is 64.5 Å². The van der Waals surface area contributed by atoms with Crippen molar-refractivity contribution in [3.8, 4) is 0 Å². The molecule has 0 aliphatic carbocycles. The van der Waals surface area contributed by atoms with Crippen LogP contribution in [-0.2, 0) is 9.68 Å². The summed E-state index contributed by atoms with van der Waals surface area (Å²) >= 11 is 5.29. The average molecular weight is 417 g/mol. The molecule has 0 saturated heterocycles. The van der Waals surface area contributed by atoms with Crippen molar-refractivity contribution in [1.29, 1.82) is 0 Å². The van der Waals surface area contributed by atoms with Crippen molar-refractivity contribution in [2.75, 3.05) is 19.7 Å². The SMILES string of the molecule is C=C(C(=O)O)C(C)(C)CCCCNC(=S)NCCCCC(C)(C)CCCOO. The molecule has 0 spiro atoms. The number of carbonyl (C=O) groups is 1. The zero-order valence-electron chi connectivity index (χ0n) is 18.1. The van der Waals surface area contributed by atoms with Crippen molar-refractivity contribution in [3.63, 3.8) is 0 Å². The number of thiocarbonyl (C=S) groups is 1. The fraction of sp³-hybridized carbons (Fsp3) is 0.810. The fourth-order valence-electron chi connectivity index (χ4n) is 3.07. The minimum absolute atomic E-state index is 0.261. The van der Waals surface area contributed by atoms with Crippen LogP contribution in [-0.4, -0.2) is 41.1 Å². The van der Waals surface area contributed by atoms with Gasteiger partial charge in [0, 0.05) is 18.7 Å². The van der Waals surface area contributed by atoms with Crippen LogP contribution in [0.5, 0.6) is 0 Å². The zero-order valence-corrected chi connectivity index (χ0v) is 18.9. The first-order chi connectivity index (χ1) is 13.0. The number of carboxylic acids is 1. The monoisotopic (exact) mass is 416 g/mol. The number of carboxylic acid groups (broad SMARTS) is 1. The molecular formula is C21H40N2O4S. The summed E-state index contributed by atoms with van der Waals surface area (Å²) in [4.78, 5) is 15.2. The van der Waals surface area contributed by atoms with Gasteiger partial charge in [0.1, 0.15) is 0 Å². The van der Waals surface area contributed by atoms with Crippen molar-refractivity contribution in [3.05, 3.63) is 12.2 Å². The largest absolute Gasteiger partial charge is 0.478 e. The van der Waals surface area contributed by atoms with Crippen LogP contribution in [0.1, 0.15) is 79.1 Å². The first-order valence-corrected chi connectivity index (χ1v) is 10.6. The molecule has 0 rings (SSSR count). The van der Waals surface area contributed by atoms with Gasteiger partial charge in [0.25, 0.3) is 0 Å². The number of unbranched alkanes of at least 4 members (excludes halogenated alkanes) is 2. The van der Waals surface area contributed by atoms with Crippen LogP contribution in [0.4, 0.5) is 0 Å². The Hall–Kier alpha value is -1.18. The predicted octanol–water partition coefficient (Wildman–Crippen LogP) is 4.75. The highest BCUT2D eigenvalue weighted by molar-refractivity contribution is 7.80. The third-order valence-corrected chi connectivity index (χ3v) is 5.53.